The maximum absolute atomic E-state index is 13.8. The number of nitrogen functional groups attached to an aromatic ring is 2. The van der Waals surface area contributed by atoms with Crippen molar-refractivity contribution in [1.29, 1.82) is 0 Å². The van der Waals surface area contributed by atoms with Crippen molar-refractivity contribution in [2.45, 2.75) is 11.8 Å². The number of nitrogens with one attached hydrogen (secondary N) is 1. The number of allylic oxidation sites excluding steroid dienone is 1. The summed E-state index contributed by atoms with van der Waals surface area (Å²) in [7, 11) is -10.3. The van der Waals surface area contributed by atoms with Crippen LogP contribution in [0.15, 0.2) is 132 Å². The minimum absolute atomic E-state index is 0.0188. The van der Waals surface area contributed by atoms with Gasteiger partial charge in [0.15, 0.2) is 5.71 Å². The Labute approximate surface area is 312 Å². The third kappa shape index (κ3) is 8.31. The number of rotatable bonds is 10. The summed E-state index contributed by atoms with van der Waals surface area (Å²) in [6.07, 6.45) is 0.762. The van der Waals surface area contributed by atoms with Crippen LogP contribution in [0.2, 0.25) is 0 Å². The molecule has 0 unspecified atom stereocenters. The molecular formula is C35H27N9O9S2. The maximum Gasteiger partial charge on any atom is 0.296 e. The highest BCUT2D eigenvalue weighted by molar-refractivity contribution is 7.91. The quantitative estimate of drug-likeness (QED) is 0.0299. The van der Waals surface area contributed by atoms with Gasteiger partial charge in [-0.25, -0.2) is 0 Å². The van der Waals surface area contributed by atoms with Crippen LogP contribution in [0.4, 0.5) is 45.5 Å². The van der Waals surface area contributed by atoms with E-state index in [1.165, 1.54) is 12.1 Å². The lowest BCUT2D eigenvalue weighted by molar-refractivity contribution is -0.384. The Bertz CT molecular complexity index is 2730. The summed E-state index contributed by atoms with van der Waals surface area (Å²) in [5, 5.41) is 31.1. The molecule has 7 N–H and O–H groups in total. The average molecular weight is 782 g/mol. The standard InChI is InChI=1S/C35H27N9O9S2/c1-19-16-23(36)6-15-28(19)41-38-24-7-2-20(3-8-24)21-4-9-25(10-5-21)40-43-34-30(55(51,52)53)18-22-17-29(54(48,49)50)33(32(37)31(22)35(34)45)42-39-26-11-13-27(14-12-26)44(46)47/h2-18,40H,36-37H2,1H3,(H,48,49,50)(H,51,52,53)/b41-38?,42-39?,43-34+. The van der Waals surface area contributed by atoms with Gasteiger partial charge < -0.3 is 11.5 Å². The molecule has 0 saturated carbocycles. The number of azo groups is 2. The second kappa shape index (κ2) is 14.8. The lowest BCUT2D eigenvalue weighted by Crippen LogP contribution is -2.28. The fraction of sp³-hybridized carbons (Fsp3) is 0.0286. The van der Waals surface area contributed by atoms with Crippen LogP contribution in [-0.2, 0) is 20.2 Å². The number of Topliss-reactive ketones (excluding diaryl/α,β-unsaturated/α-hetero) is 1. The lowest BCUT2D eigenvalue weighted by Gasteiger charge is -2.20. The zero-order valence-corrected chi connectivity index (χ0v) is 29.9. The monoisotopic (exact) mass is 781 g/mol. The first-order valence-electron chi connectivity index (χ1n) is 15.7. The number of carbonyl (C=O) groups excluding carboxylic acids is 1. The van der Waals surface area contributed by atoms with Gasteiger partial charge in [0.05, 0.1) is 38.9 Å². The third-order valence-corrected chi connectivity index (χ3v) is 9.79. The van der Waals surface area contributed by atoms with Crippen LogP contribution in [-0.4, -0.2) is 42.4 Å². The molecule has 1 aliphatic rings. The number of hydrazone groups is 1. The van der Waals surface area contributed by atoms with E-state index in [2.05, 4.69) is 31.0 Å². The molecular weight excluding hydrogens is 755 g/mol. The van der Waals surface area contributed by atoms with E-state index in [-0.39, 0.29) is 11.4 Å². The van der Waals surface area contributed by atoms with E-state index >= 15 is 0 Å². The first-order valence-corrected chi connectivity index (χ1v) is 18.5. The van der Waals surface area contributed by atoms with Crippen molar-refractivity contribution in [1.82, 2.24) is 0 Å². The number of nitro groups is 1. The molecule has 278 valence electrons. The zero-order valence-electron chi connectivity index (χ0n) is 28.2. The van der Waals surface area contributed by atoms with E-state index in [0.717, 1.165) is 41.0 Å². The molecule has 6 rings (SSSR count). The van der Waals surface area contributed by atoms with E-state index in [9.17, 15) is 40.8 Å². The summed E-state index contributed by atoms with van der Waals surface area (Å²) in [5.41, 5.74) is 16.1. The summed E-state index contributed by atoms with van der Waals surface area (Å²) >= 11 is 0. The third-order valence-electron chi connectivity index (χ3n) is 8.05. The molecule has 0 fully saturated rings. The van der Waals surface area contributed by atoms with Gasteiger partial charge in [0.2, 0.25) is 5.78 Å². The smallest absolute Gasteiger partial charge is 0.296 e. The van der Waals surface area contributed by atoms with Gasteiger partial charge in [0.1, 0.15) is 15.5 Å². The average Bonchev–Trinajstić information content (AvgIpc) is 3.13. The largest absolute Gasteiger partial charge is 0.399 e. The van der Waals surface area contributed by atoms with Gasteiger partial charge in [-0.05, 0) is 95.9 Å². The van der Waals surface area contributed by atoms with Gasteiger partial charge in [-0.2, -0.15) is 37.3 Å². The fourth-order valence-corrected chi connectivity index (χ4v) is 6.66. The molecule has 0 saturated heterocycles. The van der Waals surface area contributed by atoms with E-state index in [1.807, 2.05) is 19.1 Å². The summed E-state index contributed by atoms with van der Waals surface area (Å²) in [5.74, 6) is -1.15. The van der Waals surface area contributed by atoms with E-state index in [0.29, 0.717) is 22.7 Å². The number of hydrogen-bond donors (Lipinski definition) is 5. The number of aryl methyl sites for hydroxylation is 1. The van der Waals surface area contributed by atoms with Crippen LogP contribution in [0, 0.1) is 17.0 Å². The molecule has 0 atom stereocenters. The molecule has 55 heavy (non-hydrogen) atoms. The fourth-order valence-electron chi connectivity index (χ4n) is 5.33. The molecule has 0 bridgehead atoms. The Balaban J connectivity index is 1.28. The minimum atomic E-state index is -5.15. The van der Waals surface area contributed by atoms with Crippen molar-refractivity contribution in [3.63, 3.8) is 0 Å². The molecule has 20 heteroatoms. The van der Waals surface area contributed by atoms with Gasteiger partial charge in [0, 0.05) is 17.8 Å². The first-order chi connectivity index (χ1) is 26.0. The molecule has 0 heterocycles. The maximum atomic E-state index is 13.8. The second-order valence-electron chi connectivity index (χ2n) is 11.8. The van der Waals surface area contributed by atoms with Gasteiger partial charge in [-0.15, -0.1) is 5.11 Å². The number of anilines is 3. The van der Waals surface area contributed by atoms with E-state index in [1.54, 1.807) is 54.6 Å². The molecule has 5 aromatic rings. The predicted octanol–water partition coefficient (Wildman–Crippen LogP) is 7.71. The van der Waals surface area contributed by atoms with Crippen molar-refractivity contribution < 1.29 is 35.7 Å². The molecule has 0 spiro atoms. The Kier molecular flexibility index (Phi) is 10.2. The number of hydrogen-bond acceptors (Lipinski definition) is 15. The number of non-ortho nitro benzene ring substituents is 1. The van der Waals surface area contributed by atoms with Gasteiger partial charge in [-0.1, -0.05) is 24.3 Å². The van der Waals surface area contributed by atoms with E-state index in [4.69, 9.17) is 11.5 Å². The van der Waals surface area contributed by atoms with Crippen LogP contribution < -0.4 is 16.9 Å². The highest BCUT2D eigenvalue weighted by Gasteiger charge is 2.37. The topological polar surface area (TPSA) is 295 Å². The Hall–Kier alpha value is -7.00. The number of fused-ring (bicyclic) bond motifs is 1. The van der Waals surface area contributed by atoms with Crippen molar-refractivity contribution in [2.75, 3.05) is 16.9 Å². The number of nitrogens with zero attached hydrogens (tertiary/aromatic N) is 6. The lowest BCUT2D eigenvalue weighted by atomic mass is 9.92. The number of nitrogens with two attached hydrogens (primary N) is 2. The number of benzene rings is 5. The Morgan fingerprint density at radius 3 is 1.89 bits per heavy atom. The Morgan fingerprint density at radius 2 is 1.33 bits per heavy atom. The SMILES string of the molecule is Cc1cc(N)ccc1N=Nc1ccc(-c2ccc(N/N=C3/C(=O)c4c(cc(S(=O)(=O)O)c(N=Nc5ccc([N+](=O)[O-])cc5)c4N)C=C3S(=O)(=O)O)cc2)cc1. The van der Waals surface area contributed by atoms with Crippen molar-refractivity contribution in [3.05, 3.63) is 129 Å². The van der Waals surface area contributed by atoms with Crippen LogP contribution in [0.25, 0.3) is 17.2 Å². The van der Waals surface area contributed by atoms with Gasteiger partial charge in [0.25, 0.3) is 25.9 Å². The number of carbonyl (C=O) groups is 1. The molecule has 18 nitrogen and oxygen atoms in total. The van der Waals surface area contributed by atoms with Crippen LogP contribution in [0.3, 0.4) is 0 Å². The molecule has 0 amide bonds. The minimum Gasteiger partial charge on any atom is -0.399 e. The highest BCUT2D eigenvalue weighted by Crippen LogP contribution is 2.41. The molecule has 0 aromatic heterocycles. The summed E-state index contributed by atoms with van der Waals surface area (Å²) in [6, 6.07) is 24.6. The van der Waals surface area contributed by atoms with Gasteiger partial charge in [-0.3, -0.25) is 29.4 Å². The Morgan fingerprint density at radius 1 is 0.745 bits per heavy atom. The van der Waals surface area contributed by atoms with E-state index < -0.39 is 69.0 Å². The van der Waals surface area contributed by atoms with Crippen LogP contribution in [0.1, 0.15) is 21.5 Å². The van der Waals surface area contributed by atoms with Crippen LogP contribution >= 0.6 is 0 Å². The first kappa shape index (κ1) is 37.7. The molecule has 1 aliphatic carbocycles. The number of ketones is 1. The zero-order chi connectivity index (χ0) is 39.7. The van der Waals surface area contributed by atoms with Crippen molar-refractivity contribution in [3.8, 4) is 11.1 Å². The molecule has 0 aliphatic heterocycles. The predicted molar refractivity (Wildman–Crippen MR) is 205 cm³/mol. The molecule has 0 radical (unpaired) electrons. The second-order valence-corrected chi connectivity index (χ2v) is 14.6. The van der Waals surface area contributed by atoms with Crippen molar-refractivity contribution in [2.24, 2.45) is 25.6 Å². The van der Waals surface area contributed by atoms with Gasteiger partial charge >= 0.3 is 0 Å². The number of nitro benzene ring substituents is 1. The van der Waals surface area contributed by atoms with Crippen molar-refractivity contribution >= 4 is 83.3 Å². The normalized spacial score (nSPS) is 14.0. The molecule has 5 aromatic carbocycles. The van der Waals surface area contributed by atoms with Crippen LogP contribution in [0.5, 0.6) is 0 Å². The summed E-state index contributed by atoms with van der Waals surface area (Å²) in [6.45, 7) is 1.88. The summed E-state index contributed by atoms with van der Waals surface area (Å²) in [4.78, 5) is 22.2. The summed E-state index contributed by atoms with van der Waals surface area (Å²) < 4.78 is 69.5. The highest BCUT2D eigenvalue weighted by atomic mass is 32.2.